The predicted octanol–water partition coefficient (Wildman–Crippen LogP) is 4.30. The number of hydrogen-bond donors (Lipinski definition) is 2. The second-order valence-corrected chi connectivity index (χ2v) is 8.87. The number of rotatable bonds is 6. The number of allylic oxidation sites excluding steroid dienone is 4. The van der Waals surface area contributed by atoms with E-state index < -0.39 is 11.9 Å². The van der Waals surface area contributed by atoms with Crippen LogP contribution >= 0.6 is 0 Å². The number of esters is 1. The number of dihydropyridines is 1. The summed E-state index contributed by atoms with van der Waals surface area (Å²) >= 11 is 0. The lowest BCUT2D eigenvalue weighted by Gasteiger charge is -2.39. The summed E-state index contributed by atoms with van der Waals surface area (Å²) < 4.78 is 10.7. The van der Waals surface area contributed by atoms with Crippen molar-refractivity contribution in [1.82, 2.24) is 5.32 Å². The van der Waals surface area contributed by atoms with Crippen molar-refractivity contribution in [3.63, 3.8) is 0 Å². The van der Waals surface area contributed by atoms with E-state index in [2.05, 4.69) is 25.7 Å². The van der Waals surface area contributed by atoms with Crippen molar-refractivity contribution in [1.29, 1.82) is 0 Å². The summed E-state index contributed by atoms with van der Waals surface area (Å²) in [5.41, 5.74) is 3.66. The van der Waals surface area contributed by atoms with E-state index in [0.717, 1.165) is 5.70 Å². The van der Waals surface area contributed by atoms with Gasteiger partial charge in [0, 0.05) is 34.9 Å². The molecule has 0 fully saturated rings. The lowest BCUT2D eigenvalue weighted by molar-refractivity contribution is -0.138. The number of ether oxygens (including phenoxy) is 2. The Balaban J connectivity index is 2.27. The molecular weight excluding hydrogens is 394 g/mol. The molecule has 0 amide bonds. The molecule has 2 aliphatic rings. The van der Waals surface area contributed by atoms with Crippen LogP contribution in [0.4, 0.5) is 0 Å². The van der Waals surface area contributed by atoms with E-state index in [1.807, 2.05) is 13.0 Å². The van der Waals surface area contributed by atoms with Gasteiger partial charge in [-0.1, -0.05) is 26.0 Å². The Labute approximate surface area is 183 Å². The highest BCUT2D eigenvalue weighted by Gasteiger charge is 2.43. The third-order valence-electron chi connectivity index (χ3n) is 5.83. The number of aromatic hydroxyl groups is 1. The van der Waals surface area contributed by atoms with E-state index in [1.165, 1.54) is 7.11 Å². The average molecular weight is 426 g/mol. The Morgan fingerprint density at radius 3 is 2.68 bits per heavy atom. The van der Waals surface area contributed by atoms with Gasteiger partial charge in [-0.05, 0) is 43.7 Å². The molecule has 1 heterocycles. The van der Waals surface area contributed by atoms with Crippen LogP contribution in [0.25, 0.3) is 0 Å². The van der Waals surface area contributed by atoms with E-state index >= 15 is 0 Å². The van der Waals surface area contributed by atoms with Crippen molar-refractivity contribution >= 4 is 11.8 Å². The van der Waals surface area contributed by atoms with Crippen molar-refractivity contribution in [3.8, 4) is 11.5 Å². The van der Waals surface area contributed by atoms with E-state index in [-0.39, 0.29) is 23.6 Å². The number of phenolic OH excluding ortho intramolecular Hbond substituents is 1. The maximum Gasteiger partial charge on any atom is 0.336 e. The maximum atomic E-state index is 13.3. The summed E-state index contributed by atoms with van der Waals surface area (Å²) in [4.78, 5) is 26.3. The molecule has 0 saturated carbocycles. The van der Waals surface area contributed by atoms with Gasteiger partial charge in [-0.2, -0.15) is 0 Å². The SMILES string of the molecule is C=CCc1cc(C2C(C(=O)OCC)=C(C)NC3=C2C(=O)CC(C)(C)C3)cc(OC)c1O. The van der Waals surface area contributed by atoms with Gasteiger partial charge in [0.2, 0.25) is 0 Å². The monoisotopic (exact) mass is 425 g/mol. The predicted molar refractivity (Wildman–Crippen MR) is 119 cm³/mol. The summed E-state index contributed by atoms with van der Waals surface area (Å²) in [7, 11) is 1.48. The molecular formula is C25H31NO5. The fourth-order valence-corrected chi connectivity index (χ4v) is 4.57. The molecule has 1 aliphatic heterocycles. The smallest absolute Gasteiger partial charge is 0.336 e. The van der Waals surface area contributed by atoms with Gasteiger partial charge < -0.3 is 19.9 Å². The van der Waals surface area contributed by atoms with Gasteiger partial charge in [0.1, 0.15) is 0 Å². The van der Waals surface area contributed by atoms with Crippen LogP contribution in [0.1, 0.15) is 57.6 Å². The fourth-order valence-electron chi connectivity index (χ4n) is 4.57. The summed E-state index contributed by atoms with van der Waals surface area (Å²) in [5.74, 6) is -0.727. The van der Waals surface area contributed by atoms with Crippen LogP contribution in [0.2, 0.25) is 0 Å². The topological polar surface area (TPSA) is 84.9 Å². The first-order chi connectivity index (χ1) is 14.6. The molecule has 166 valence electrons. The number of nitrogens with one attached hydrogen (secondary N) is 1. The minimum absolute atomic E-state index is 0.00959. The molecule has 3 rings (SSSR count). The third kappa shape index (κ3) is 4.24. The molecule has 1 aromatic rings. The van der Waals surface area contributed by atoms with Crippen LogP contribution in [0.3, 0.4) is 0 Å². The van der Waals surface area contributed by atoms with Crippen molar-refractivity contribution in [2.45, 2.75) is 52.9 Å². The molecule has 0 spiro atoms. The number of methoxy groups -OCH3 is 1. The molecule has 0 aromatic heterocycles. The number of Topliss-reactive ketones (excluding diaryl/α,β-unsaturated/α-hetero) is 1. The van der Waals surface area contributed by atoms with E-state index in [1.54, 1.807) is 19.1 Å². The van der Waals surface area contributed by atoms with Gasteiger partial charge in [-0.15, -0.1) is 6.58 Å². The van der Waals surface area contributed by atoms with Crippen molar-refractivity contribution < 1.29 is 24.2 Å². The number of phenols is 1. The molecule has 6 nitrogen and oxygen atoms in total. The molecule has 1 unspecified atom stereocenters. The first kappa shape index (κ1) is 22.7. The molecule has 1 aliphatic carbocycles. The van der Waals surface area contributed by atoms with Crippen molar-refractivity contribution in [2.24, 2.45) is 5.41 Å². The summed E-state index contributed by atoms with van der Waals surface area (Å²) in [5, 5.41) is 13.9. The van der Waals surface area contributed by atoms with Crippen LogP contribution in [-0.2, 0) is 20.7 Å². The second kappa shape index (κ2) is 8.61. The highest BCUT2D eigenvalue weighted by molar-refractivity contribution is 6.04. The fraction of sp³-hybridized carbons (Fsp3) is 0.440. The lowest BCUT2D eigenvalue weighted by Crippen LogP contribution is -2.38. The van der Waals surface area contributed by atoms with Crippen LogP contribution in [-0.4, -0.2) is 30.6 Å². The molecule has 31 heavy (non-hydrogen) atoms. The van der Waals surface area contributed by atoms with Crippen LogP contribution in [0.5, 0.6) is 11.5 Å². The first-order valence-corrected chi connectivity index (χ1v) is 10.5. The maximum absolute atomic E-state index is 13.3. The largest absolute Gasteiger partial charge is 0.504 e. The van der Waals surface area contributed by atoms with E-state index in [9.17, 15) is 14.7 Å². The first-order valence-electron chi connectivity index (χ1n) is 10.5. The lowest BCUT2D eigenvalue weighted by atomic mass is 9.68. The average Bonchev–Trinajstić information content (AvgIpc) is 2.67. The zero-order valence-electron chi connectivity index (χ0n) is 18.9. The molecule has 1 aromatic carbocycles. The van der Waals surface area contributed by atoms with Gasteiger partial charge in [0.25, 0.3) is 0 Å². The molecule has 0 radical (unpaired) electrons. The Hall–Kier alpha value is -3.02. The number of benzene rings is 1. The molecule has 0 bridgehead atoms. The van der Waals surface area contributed by atoms with Crippen LogP contribution in [0, 0.1) is 5.41 Å². The van der Waals surface area contributed by atoms with Gasteiger partial charge >= 0.3 is 5.97 Å². The third-order valence-corrected chi connectivity index (χ3v) is 5.83. The van der Waals surface area contributed by atoms with Crippen molar-refractivity contribution in [3.05, 3.63) is 58.5 Å². The standard InChI is InChI=1S/C25H31NO5/c1-7-9-15-10-16(11-19(30-6)23(15)28)21-20(24(29)31-8-2)14(3)26-17-12-25(4,5)13-18(27)22(17)21/h7,10-11,21,26,28H,1,8-9,12-13H2,2-6H3. The van der Waals surface area contributed by atoms with Gasteiger partial charge in [-0.25, -0.2) is 4.79 Å². The summed E-state index contributed by atoms with van der Waals surface area (Å²) in [6.45, 7) is 11.7. The van der Waals surface area contributed by atoms with Crippen molar-refractivity contribution in [2.75, 3.05) is 13.7 Å². The Morgan fingerprint density at radius 1 is 1.35 bits per heavy atom. The highest BCUT2D eigenvalue weighted by atomic mass is 16.5. The Bertz CT molecular complexity index is 999. The van der Waals surface area contributed by atoms with E-state index in [0.29, 0.717) is 53.0 Å². The summed E-state index contributed by atoms with van der Waals surface area (Å²) in [6, 6.07) is 3.52. The van der Waals surface area contributed by atoms with E-state index in [4.69, 9.17) is 9.47 Å². The zero-order chi connectivity index (χ0) is 22.9. The molecule has 0 saturated heterocycles. The summed E-state index contributed by atoms with van der Waals surface area (Å²) in [6.07, 6.45) is 3.21. The van der Waals surface area contributed by atoms with Gasteiger partial charge in [0.15, 0.2) is 17.3 Å². The normalized spacial score (nSPS) is 20.2. The highest BCUT2D eigenvalue weighted by Crippen LogP contribution is 2.48. The zero-order valence-corrected chi connectivity index (χ0v) is 18.9. The minimum atomic E-state index is -0.600. The second-order valence-electron chi connectivity index (χ2n) is 8.87. The van der Waals surface area contributed by atoms with Gasteiger partial charge in [0.05, 0.1) is 19.3 Å². The number of carbonyl (C=O) groups excluding carboxylic acids is 2. The Kier molecular flexibility index (Phi) is 6.30. The molecule has 1 atom stereocenters. The number of carbonyl (C=O) groups is 2. The molecule has 2 N–H and O–H groups in total. The molecule has 6 heteroatoms. The minimum Gasteiger partial charge on any atom is -0.504 e. The Morgan fingerprint density at radius 2 is 2.06 bits per heavy atom. The quantitative estimate of drug-likeness (QED) is 0.522. The van der Waals surface area contributed by atoms with Crippen LogP contribution in [0.15, 0.2) is 47.3 Å². The van der Waals surface area contributed by atoms with Gasteiger partial charge in [-0.3, -0.25) is 4.79 Å². The number of hydrogen-bond acceptors (Lipinski definition) is 6. The van der Waals surface area contributed by atoms with Crippen LogP contribution < -0.4 is 10.1 Å². The number of ketones is 1.